The Morgan fingerprint density at radius 2 is 2.00 bits per heavy atom. The fourth-order valence-electron chi connectivity index (χ4n) is 2.56. The summed E-state index contributed by atoms with van der Waals surface area (Å²) < 4.78 is 0. The SMILES string of the molecule is C=CCNC(=O)c1ccccc1NC(=O)C1CCN(C)CC1. The number of carbonyl (C=O) groups is 2. The highest BCUT2D eigenvalue weighted by Crippen LogP contribution is 2.20. The number of likely N-dealkylation sites (tertiary alicyclic amines) is 1. The van der Waals surface area contributed by atoms with Gasteiger partial charge in [0.2, 0.25) is 5.91 Å². The maximum atomic E-state index is 12.4. The molecule has 118 valence electrons. The Kier molecular flexibility index (Phi) is 5.72. The van der Waals surface area contributed by atoms with Crippen LogP contribution >= 0.6 is 0 Å². The topological polar surface area (TPSA) is 61.4 Å². The van der Waals surface area contributed by atoms with Crippen LogP contribution in [0.15, 0.2) is 36.9 Å². The molecule has 1 aliphatic rings. The third-order valence-corrected chi connectivity index (χ3v) is 3.93. The predicted molar refractivity (Wildman–Crippen MR) is 87.8 cm³/mol. The molecule has 0 saturated carbocycles. The van der Waals surface area contributed by atoms with Gasteiger partial charge in [-0.25, -0.2) is 0 Å². The number of amides is 2. The van der Waals surface area contributed by atoms with E-state index in [0.29, 0.717) is 17.8 Å². The van der Waals surface area contributed by atoms with Gasteiger partial charge in [0.15, 0.2) is 0 Å². The molecule has 0 unspecified atom stereocenters. The van der Waals surface area contributed by atoms with Crippen LogP contribution in [0.2, 0.25) is 0 Å². The molecule has 1 aromatic carbocycles. The van der Waals surface area contributed by atoms with E-state index in [4.69, 9.17) is 0 Å². The quantitative estimate of drug-likeness (QED) is 0.816. The van der Waals surface area contributed by atoms with Gasteiger partial charge in [0.25, 0.3) is 5.91 Å². The van der Waals surface area contributed by atoms with Crippen molar-refractivity contribution in [1.82, 2.24) is 10.2 Å². The Balaban J connectivity index is 2.04. The molecule has 5 heteroatoms. The third kappa shape index (κ3) is 4.18. The number of benzene rings is 1. The van der Waals surface area contributed by atoms with Crippen LogP contribution in [0.25, 0.3) is 0 Å². The van der Waals surface area contributed by atoms with E-state index in [-0.39, 0.29) is 17.7 Å². The van der Waals surface area contributed by atoms with Crippen LogP contribution in [0.5, 0.6) is 0 Å². The fraction of sp³-hybridized carbons (Fsp3) is 0.412. The summed E-state index contributed by atoms with van der Waals surface area (Å²) in [7, 11) is 2.06. The van der Waals surface area contributed by atoms with Gasteiger partial charge in [-0.2, -0.15) is 0 Å². The lowest BCUT2D eigenvalue weighted by Gasteiger charge is -2.28. The van der Waals surface area contributed by atoms with Crippen molar-refractivity contribution in [2.24, 2.45) is 5.92 Å². The maximum absolute atomic E-state index is 12.4. The smallest absolute Gasteiger partial charge is 0.253 e. The molecule has 0 atom stereocenters. The van der Waals surface area contributed by atoms with Crippen molar-refractivity contribution in [1.29, 1.82) is 0 Å². The molecule has 1 fully saturated rings. The monoisotopic (exact) mass is 301 g/mol. The van der Waals surface area contributed by atoms with Crippen molar-refractivity contribution in [3.8, 4) is 0 Å². The lowest BCUT2D eigenvalue weighted by molar-refractivity contribution is -0.121. The zero-order valence-electron chi connectivity index (χ0n) is 13.0. The van der Waals surface area contributed by atoms with Crippen LogP contribution in [0.3, 0.4) is 0 Å². The van der Waals surface area contributed by atoms with Crippen molar-refractivity contribution in [3.05, 3.63) is 42.5 Å². The molecule has 2 amide bonds. The highest BCUT2D eigenvalue weighted by Gasteiger charge is 2.24. The number of nitrogens with zero attached hydrogens (tertiary/aromatic N) is 1. The first kappa shape index (κ1) is 16.2. The van der Waals surface area contributed by atoms with Gasteiger partial charge in [0.1, 0.15) is 0 Å². The van der Waals surface area contributed by atoms with E-state index < -0.39 is 0 Å². The molecule has 2 N–H and O–H groups in total. The molecule has 1 saturated heterocycles. The zero-order valence-corrected chi connectivity index (χ0v) is 13.0. The summed E-state index contributed by atoms with van der Waals surface area (Å²) in [6.07, 6.45) is 3.33. The maximum Gasteiger partial charge on any atom is 0.253 e. The first-order valence-corrected chi connectivity index (χ1v) is 7.59. The van der Waals surface area contributed by atoms with E-state index in [2.05, 4.69) is 29.2 Å². The minimum Gasteiger partial charge on any atom is -0.349 e. The van der Waals surface area contributed by atoms with Crippen molar-refractivity contribution >= 4 is 17.5 Å². The molecule has 0 spiro atoms. The average Bonchev–Trinajstić information content (AvgIpc) is 2.53. The first-order chi connectivity index (χ1) is 10.6. The number of carbonyl (C=O) groups excluding carboxylic acids is 2. The van der Waals surface area contributed by atoms with E-state index in [0.717, 1.165) is 25.9 Å². The van der Waals surface area contributed by atoms with Crippen molar-refractivity contribution in [2.75, 3.05) is 32.0 Å². The van der Waals surface area contributed by atoms with Gasteiger partial charge in [-0.3, -0.25) is 9.59 Å². The molecule has 0 aromatic heterocycles. The van der Waals surface area contributed by atoms with Crippen LogP contribution in [0.4, 0.5) is 5.69 Å². The normalized spacial score (nSPS) is 16.0. The molecular weight excluding hydrogens is 278 g/mol. The molecule has 22 heavy (non-hydrogen) atoms. The highest BCUT2D eigenvalue weighted by molar-refractivity contribution is 6.04. The molecule has 1 aliphatic heterocycles. The predicted octanol–water partition coefficient (Wildman–Crippen LogP) is 1.88. The lowest BCUT2D eigenvalue weighted by Crippen LogP contribution is -2.36. The summed E-state index contributed by atoms with van der Waals surface area (Å²) in [4.78, 5) is 26.7. The van der Waals surface area contributed by atoms with Gasteiger partial charge in [0.05, 0.1) is 11.3 Å². The van der Waals surface area contributed by atoms with Crippen molar-refractivity contribution < 1.29 is 9.59 Å². The summed E-state index contributed by atoms with van der Waals surface area (Å²) >= 11 is 0. The fourth-order valence-corrected chi connectivity index (χ4v) is 2.56. The standard InChI is InChI=1S/C17H23N3O2/c1-3-10-18-17(22)14-6-4-5-7-15(14)19-16(21)13-8-11-20(2)12-9-13/h3-7,13H,1,8-12H2,2H3,(H,18,22)(H,19,21). The van der Waals surface area contributed by atoms with E-state index in [1.807, 2.05) is 6.07 Å². The minimum atomic E-state index is -0.209. The van der Waals surface area contributed by atoms with Gasteiger partial charge in [0, 0.05) is 12.5 Å². The van der Waals surface area contributed by atoms with Gasteiger partial charge in [-0.15, -0.1) is 6.58 Å². The third-order valence-electron chi connectivity index (χ3n) is 3.93. The van der Waals surface area contributed by atoms with Crippen LogP contribution in [-0.2, 0) is 4.79 Å². The van der Waals surface area contributed by atoms with Gasteiger partial charge >= 0.3 is 0 Å². The number of para-hydroxylation sites is 1. The minimum absolute atomic E-state index is 0.00271. The summed E-state index contributed by atoms with van der Waals surface area (Å²) in [5.74, 6) is -0.197. The number of nitrogens with one attached hydrogen (secondary N) is 2. The lowest BCUT2D eigenvalue weighted by atomic mass is 9.96. The van der Waals surface area contributed by atoms with Gasteiger partial charge in [-0.1, -0.05) is 18.2 Å². The Morgan fingerprint density at radius 1 is 1.32 bits per heavy atom. The average molecular weight is 301 g/mol. The molecule has 0 bridgehead atoms. The Labute approximate surface area is 131 Å². The number of rotatable bonds is 5. The number of hydrogen-bond acceptors (Lipinski definition) is 3. The second-order valence-electron chi connectivity index (χ2n) is 5.61. The number of hydrogen-bond donors (Lipinski definition) is 2. The van der Waals surface area contributed by atoms with Crippen LogP contribution in [-0.4, -0.2) is 43.4 Å². The molecule has 2 rings (SSSR count). The van der Waals surface area contributed by atoms with E-state index >= 15 is 0 Å². The molecule has 0 aliphatic carbocycles. The highest BCUT2D eigenvalue weighted by atomic mass is 16.2. The van der Waals surface area contributed by atoms with Crippen LogP contribution < -0.4 is 10.6 Å². The van der Waals surface area contributed by atoms with Gasteiger partial charge in [-0.05, 0) is 45.1 Å². The molecule has 1 aromatic rings. The summed E-state index contributed by atoms with van der Waals surface area (Å²) in [5.41, 5.74) is 1.04. The molecule has 0 radical (unpaired) electrons. The second-order valence-corrected chi connectivity index (χ2v) is 5.61. The van der Waals surface area contributed by atoms with Crippen LogP contribution in [0.1, 0.15) is 23.2 Å². The summed E-state index contributed by atoms with van der Waals surface area (Å²) in [5, 5.41) is 5.64. The number of anilines is 1. The van der Waals surface area contributed by atoms with Gasteiger partial charge < -0.3 is 15.5 Å². The zero-order chi connectivity index (χ0) is 15.9. The summed E-state index contributed by atoms with van der Waals surface area (Å²) in [6.45, 7) is 5.84. The van der Waals surface area contributed by atoms with E-state index in [1.165, 1.54) is 0 Å². The van der Waals surface area contributed by atoms with Crippen LogP contribution in [0, 0.1) is 5.92 Å². The largest absolute Gasteiger partial charge is 0.349 e. The summed E-state index contributed by atoms with van der Waals surface area (Å²) in [6, 6.07) is 7.07. The Bertz CT molecular complexity index is 549. The molecular formula is C17H23N3O2. The second kappa shape index (κ2) is 7.75. The molecule has 5 nitrogen and oxygen atoms in total. The molecule has 1 heterocycles. The van der Waals surface area contributed by atoms with E-state index in [1.54, 1.807) is 24.3 Å². The van der Waals surface area contributed by atoms with E-state index in [9.17, 15) is 9.59 Å². The Morgan fingerprint density at radius 3 is 2.68 bits per heavy atom. The Hall–Kier alpha value is -2.14. The first-order valence-electron chi connectivity index (χ1n) is 7.59. The number of piperidine rings is 1. The van der Waals surface area contributed by atoms with Crippen molar-refractivity contribution in [2.45, 2.75) is 12.8 Å². The van der Waals surface area contributed by atoms with Crippen molar-refractivity contribution in [3.63, 3.8) is 0 Å².